The van der Waals surface area contributed by atoms with Crippen molar-refractivity contribution in [1.29, 1.82) is 0 Å². The van der Waals surface area contributed by atoms with Crippen LogP contribution in [0.2, 0.25) is 0 Å². The zero-order valence-electron chi connectivity index (χ0n) is 14.0. The maximum Gasteiger partial charge on any atom is 0.262 e. The smallest absolute Gasteiger partial charge is 0.262 e. The highest BCUT2D eigenvalue weighted by Crippen LogP contribution is 2.27. The van der Waals surface area contributed by atoms with Crippen molar-refractivity contribution in [2.45, 2.75) is 17.3 Å². The number of ether oxygens (including phenoxy) is 1. The summed E-state index contributed by atoms with van der Waals surface area (Å²) in [6.07, 6.45) is 0. The van der Waals surface area contributed by atoms with Gasteiger partial charge in [-0.2, -0.15) is 0 Å². The summed E-state index contributed by atoms with van der Waals surface area (Å²) < 4.78 is 6.72. The van der Waals surface area contributed by atoms with Crippen molar-refractivity contribution in [2.24, 2.45) is 7.05 Å². The van der Waals surface area contributed by atoms with Gasteiger partial charge in [0.2, 0.25) is 5.91 Å². The number of para-hydroxylation sites is 2. The summed E-state index contributed by atoms with van der Waals surface area (Å²) >= 11 is 2.66. The van der Waals surface area contributed by atoms with Crippen LogP contribution in [-0.2, 0) is 11.8 Å². The largest absolute Gasteiger partial charge is 0.495 e. The molecule has 1 atom stereocenters. The fourth-order valence-electron chi connectivity index (χ4n) is 2.28. The van der Waals surface area contributed by atoms with Crippen LogP contribution >= 0.6 is 23.1 Å². The first-order chi connectivity index (χ1) is 12.0. The fourth-order valence-corrected chi connectivity index (χ4v) is 3.96. The number of hydrogen-bond acceptors (Lipinski definition) is 6. The van der Waals surface area contributed by atoms with Crippen LogP contribution in [0.5, 0.6) is 5.75 Å². The lowest BCUT2D eigenvalue weighted by Crippen LogP contribution is -2.25. The Balaban J connectivity index is 1.80. The van der Waals surface area contributed by atoms with Crippen LogP contribution in [0, 0.1) is 0 Å². The second kappa shape index (κ2) is 7.28. The van der Waals surface area contributed by atoms with Gasteiger partial charge in [0.05, 0.1) is 23.4 Å². The van der Waals surface area contributed by atoms with Crippen LogP contribution in [0.15, 0.2) is 45.7 Å². The second-order valence-corrected chi connectivity index (χ2v) is 7.55. The summed E-state index contributed by atoms with van der Waals surface area (Å²) in [7, 11) is 3.22. The minimum Gasteiger partial charge on any atom is -0.495 e. The van der Waals surface area contributed by atoms with Crippen molar-refractivity contribution in [3.63, 3.8) is 0 Å². The maximum atomic E-state index is 12.5. The summed E-state index contributed by atoms with van der Waals surface area (Å²) in [5.74, 6) is 0.411. The Morgan fingerprint density at radius 3 is 2.88 bits per heavy atom. The van der Waals surface area contributed by atoms with Crippen molar-refractivity contribution in [3.8, 4) is 5.75 Å². The second-order valence-electron chi connectivity index (χ2n) is 5.35. The molecule has 0 aliphatic carbocycles. The van der Waals surface area contributed by atoms with Gasteiger partial charge in [0.25, 0.3) is 5.56 Å². The molecule has 0 radical (unpaired) electrons. The number of benzene rings is 1. The van der Waals surface area contributed by atoms with E-state index in [0.717, 1.165) is 0 Å². The predicted octanol–water partition coefficient (Wildman–Crippen LogP) is 3.12. The van der Waals surface area contributed by atoms with E-state index in [1.54, 1.807) is 39.3 Å². The van der Waals surface area contributed by atoms with E-state index in [9.17, 15) is 9.59 Å². The van der Waals surface area contributed by atoms with Gasteiger partial charge in [0.15, 0.2) is 5.16 Å². The third kappa shape index (κ3) is 3.54. The van der Waals surface area contributed by atoms with E-state index >= 15 is 0 Å². The molecule has 0 fully saturated rings. The molecule has 1 N–H and O–H groups in total. The lowest BCUT2D eigenvalue weighted by atomic mass is 10.3. The molecule has 0 aliphatic rings. The van der Waals surface area contributed by atoms with Crippen LogP contribution in [0.25, 0.3) is 10.2 Å². The van der Waals surface area contributed by atoms with Gasteiger partial charge in [-0.25, -0.2) is 4.98 Å². The van der Waals surface area contributed by atoms with Gasteiger partial charge in [-0.1, -0.05) is 23.9 Å². The minimum absolute atomic E-state index is 0.105. The van der Waals surface area contributed by atoms with Gasteiger partial charge in [0.1, 0.15) is 10.6 Å². The Morgan fingerprint density at radius 2 is 2.12 bits per heavy atom. The minimum atomic E-state index is -0.430. The van der Waals surface area contributed by atoms with Gasteiger partial charge in [-0.05, 0) is 30.5 Å². The van der Waals surface area contributed by atoms with Crippen molar-refractivity contribution in [2.75, 3.05) is 12.4 Å². The van der Waals surface area contributed by atoms with Crippen LogP contribution < -0.4 is 15.6 Å². The number of fused-ring (bicyclic) bond motifs is 1. The molecule has 130 valence electrons. The predicted molar refractivity (Wildman–Crippen MR) is 102 cm³/mol. The van der Waals surface area contributed by atoms with E-state index in [4.69, 9.17) is 4.74 Å². The zero-order valence-corrected chi connectivity index (χ0v) is 15.6. The van der Waals surface area contributed by atoms with Crippen LogP contribution in [-0.4, -0.2) is 27.8 Å². The molecule has 0 bridgehead atoms. The summed E-state index contributed by atoms with van der Waals surface area (Å²) in [6, 6.07) is 8.99. The number of carbonyl (C=O) groups excluding carboxylic acids is 1. The van der Waals surface area contributed by atoms with Crippen molar-refractivity contribution in [3.05, 3.63) is 46.1 Å². The summed E-state index contributed by atoms with van der Waals surface area (Å²) in [5.41, 5.74) is 0.504. The van der Waals surface area contributed by atoms with E-state index in [1.807, 2.05) is 17.5 Å². The van der Waals surface area contributed by atoms with Gasteiger partial charge in [-0.3, -0.25) is 14.2 Å². The molecule has 0 aliphatic heterocycles. The fraction of sp³-hybridized carbons (Fsp3) is 0.235. The Hall–Kier alpha value is -2.32. The van der Waals surface area contributed by atoms with Crippen molar-refractivity contribution in [1.82, 2.24) is 9.55 Å². The Bertz CT molecular complexity index is 981. The monoisotopic (exact) mass is 375 g/mol. The Kier molecular flexibility index (Phi) is 5.10. The first-order valence-electron chi connectivity index (χ1n) is 7.56. The van der Waals surface area contributed by atoms with Gasteiger partial charge in [0, 0.05) is 7.05 Å². The number of rotatable bonds is 5. The van der Waals surface area contributed by atoms with Crippen LogP contribution in [0.3, 0.4) is 0 Å². The van der Waals surface area contributed by atoms with E-state index in [1.165, 1.54) is 27.7 Å². The summed E-state index contributed by atoms with van der Waals surface area (Å²) in [6.45, 7) is 1.78. The SMILES string of the molecule is COc1ccccc1NC(=O)C(C)Sc1nc2sccc2c(=O)n1C. The average molecular weight is 375 g/mol. The average Bonchev–Trinajstić information content (AvgIpc) is 3.08. The third-order valence-electron chi connectivity index (χ3n) is 3.68. The lowest BCUT2D eigenvalue weighted by molar-refractivity contribution is -0.115. The first-order valence-corrected chi connectivity index (χ1v) is 9.32. The van der Waals surface area contributed by atoms with Crippen molar-refractivity contribution >= 4 is 44.9 Å². The van der Waals surface area contributed by atoms with E-state index in [-0.39, 0.29) is 11.5 Å². The highest BCUT2D eigenvalue weighted by atomic mass is 32.2. The molecule has 6 nitrogen and oxygen atoms in total. The Labute approximate surface area is 152 Å². The van der Waals surface area contributed by atoms with Crippen molar-refractivity contribution < 1.29 is 9.53 Å². The quantitative estimate of drug-likeness (QED) is 0.548. The normalized spacial score (nSPS) is 12.1. The van der Waals surface area contributed by atoms with Gasteiger partial charge < -0.3 is 10.1 Å². The zero-order chi connectivity index (χ0) is 18.0. The number of carbonyl (C=O) groups is 1. The molecule has 0 saturated carbocycles. The van der Waals surface area contributed by atoms with Gasteiger partial charge in [-0.15, -0.1) is 11.3 Å². The number of thioether (sulfide) groups is 1. The third-order valence-corrected chi connectivity index (χ3v) is 5.63. The molecule has 3 aromatic rings. The number of nitrogens with one attached hydrogen (secondary N) is 1. The molecule has 3 rings (SSSR count). The number of nitrogens with zero attached hydrogens (tertiary/aromatic N) is 2. The summed E-state index contributed by atoms with van der Waals surface area (Å²) in [5, 5.41) is 5.38. The summed E-state index contributed by atoms with van der Waals surface area (Å²) in [4.78, 5) is 30.0. The molecule has 25 heavy (non-hydrogen) atoms. The highest BCUT2D eigenvalue weighted by Gasteiger charge is 2.19. The number of aromatic nitrogens is 2. The molecule has 0 saturated heterocycles. The van der Waals surface area contributed by atoms with Crippen LogP contribution in [0.4, 0.5) is 5.69 Å². The topological polar surface area (TPSA) is 73.2 Å². The van der Waals surface area contributed by atoms with E-state index < -0.39 is 5.25 Å². The first kappa shape index (κ1) is 17.5. The van der Waals surface area contributed by atoms with Gasteiger partial charge >= 0.3 is 0 Å². The van der Waals surface area contributed by atoms with E-state index in [0.29, 0.717) is 26.8 Å². The number of thiophene rings is 1. The molecule has 2 aromatic heterocycles. The number of anilines is 1. The number of hydrogen-bond donors (Lipinski definition) is 1. The molecule has 1 unspecified atom stereocenters. The molecule has 0 spiro atoms. The highest BCUT2D eigenvalue weighted by molar-refractivity contribution is 8.00. The maximum absolute atomic E-state index is 12.5. The molecule has 2 heterocycles. The number of methoxy groups -OCH3 is 1. The molecular weight excluding hydrogens is 358 g/mol. The molecule has 8 heteroatoms. The van der Waals surface area contributed by atoms with Crippen LogP contribution in [0.1, 0.15) is 6.92 Å². The molecular formula is C17H17N3O3S2. The molecule has 1 aromatic carbocycles. The molecule has 1 amide bonds. The Morgan fingerprint density at radius 1 is 1.36 bits per heavy atom. The standard InChI is InChI=1S/C17H17N3O3S2/c1-10(14(21)18-12-6-4-5-7-13(12)23-3)25-17-19-15-11(8-9-24-15)16(22)20(17)2/h4-10H,1-3H3,(H,18,21). The number of amides is 1. The van der Waals surface area contributed by atoms with E-state index in [2.05, 4.69) is 10.3 Å². The lowest BCUT2D eigenvalue weighted by Gasteiger charge is -2.15.